The van der Waals surface area contributed by atoms with Crippen molar-refractivity contribution >= 4 is 17.6 Å². The second-order valence-corrected chi connectivity index (χ2v) is 7.51. The Morgan fingerprint density at radius 2 is 2.00 bits per heavy atom. The summed E-state index contributed by atoms with van der Waals surface area (Å²) in [5, 5.41) is 10.0. The maximum atomic E-state index is 13.4. The van der Waals surface area contributed by atoms with Gasteiger partial charge in [-0.1, -0.05) is 24.1 Å². The van der Waals surface area contributed by atoms with Crippen molar-refractivity contribution < 1.29 is 19.0 Å². The van der Waals surface area contributed by atoms with Crippen LogP contribution in [-0.4, -0.2) is 42.3 Å². The third-order valence-electron chi connectivity index (χ3n) is 5.53. The van der Waals surface area contributed by atoms with Crippen LogP contribution in [0.5, 0.6) is 0 Å². The maximum Gasteiger partial charge on any atom is 0.325 e. The molecule has 6 heteroatoms. The van der Waals surface area contributed by atoms with Crippen LogP contribution in [0.3, 0.4) is 0 Å². The van der Waals surface area contributed by atoms with Gasteiger partial charge in [-0.3, -0.25) is 9.69 Å². The summed E-state index contributed by atoms with van der Waals surface area (Å²) in [5.41, 5.74) is 0.475. The highest BCUT2D eigenvalue weighted by molar-refractivity contribution is 6.31. The minimum atomic E-state index is -0.930. The Hall–Kier alpha value is -1.17. The predicted octanol–water partition coefficient (Wildman–Crippen LogP) is 4.13. The van der Waals surface area contributed by atoms with E-state index in [0.29, 0.717) is 17.4 Å². The fourth-order valence-electron chi connectivity index (χ4n) is 4.22. The molecule has 1 aromatic carbocycles. The molecule has 138 valence electrons. The number of aliphatic carboxylic acids is 1. The topological polar surface area (TPSA) is 49.8 Å². The highest BCUT2D eigenvalue weighted by Crippen LogP contribution is 2.35. The highest BCUT2D eigenvalue weighted by Gasteiger charge is 2.34. The summed E-state index contributed by atoms with van der Waals surface area (Å²) < 4.78 is 18.8. The van der Waals surface area contributed by atoms with Crippen molar-refractivity contribution in [2.75, 3.05) is 26.3 Å². The Kier molecular flexibility index (Phi) is 6.31. The van der Waals surface area contributed by atoms with Gasteiger partial charge in [0.05, 0.1) is 0 Å². The number of carboxylic acid groups (broad SMARTS) is 1. The summed E-state index contributed by atoms with van der Waals surface area (Å²) in [5.74, 6) is -0.310. The van der Waals surface area contributed by atoms with Gasteiger partial charge >= 0.3 is 5.97 Å². The van der Waals surface area contributed by atoms with Crippen molar-refractivity contribution in [3.63, 3.8) is 0 Å². The molecule has 3 rings (SSSR count). The summed E-state index contributed by atoms with van der Waals surface area (Å²) in [6.07, 6.45) is 5.32. The Labute approximate surface area is 152 Å². The van der Waals surface area contributed by atoms with Crippen LogP contribution in [0, 0.1) is 17.7 Å². The minimum absolute atomic E-state index is 0.180. The van der Waals surface area contributed by atoms with Gasteiger partial charge in [0.1, 0.15) is 11.9 Å². The first-order valence-corrected chi connectivity index (χ1v) is 9.43. The largest absolute Gasteiger partial charge is 0.480 e. The lowest BCUT2D eigenvalue weighted by atomic mass is 9.83. The molecule has 1 aromatic rings. The monoisotopic (exact) mass is 369 g/mol. The molecule has 2 saturated heterocycles. The SMILES string of the molecule is O=C(O)C(c1ccc(F)cc1Cl)N1CCCCC(C2CCOCC2)C1. The first-order chi connectivity index (χ1) is 12.1. The molecule has 2 heterocycles. The lowest BCUT2D eigenvalue weighted by molar-refractivity contribution is -0.144. The van der Waals surface area contributed by atoms with E-state index in [-0.39, 0.29) is 5.02 Å². The summed E-state index contributed by atoms with van der Waals surface area (Å²) >= 11 is 6.17. The van der Waals surface area contributed by atoms with E-state index in [0.717, 1.165) is 58.4 Å². The molecule has 0 aliphatic carbocycles. The number of ether oxygens (including phenoxy) is 1. The number of halogens is 2. The Morgan fingerprint density at radius 1 is 1.24 bits per heavy atom. The van der Waals surface area contributed by atoms with E-state index in [4.69, 9.17) is 16.3 Å². The Bertz CT molecular complexity index is 606. The number of likely N-dealkylation sites (tertiary alicyclic amines) is 1. The van der Waals surface area contributed by atoms with Crippen LogP contribution in [0.25, 0.3) is 0 Å². The lowest BCUT2D eigenvalue weighted by Gasteiger charge is -2.35. The number of rotatable bonds is 4. The fourth-order valence-corrected chi connectivity index (χ4v) is 4.49. The van der Waals surface area contributed by atoms with E-state index in [1.165, 1.54) is 18.2 Å². The molecular formula is C19H25ClFNO3. The van der Waals surface area contributed by atoms with Crippen molar-refractivity contribution in [2.24, 2.45) is 11.8 Å². The smallest absolute Gasteiger partial charge is 0.325 e. The zero-order valence-electron chi connectivity index (χ0n) is 14.3. The number of hydrogen-bond donors (Lipinski definition) is 1. The molecule has 2 atom stereocenters. The average molecular weight is 370 g/mol. The summed E-state index contributed by atoms with van der Waals surface area (Å²) in [4.78, 5) is 14.0. The second-order valence-electron chi connectivity index (χ2n) is 7.11. The molecule has 4 nitrogen and oxygen atoms in total. The summed E-state index contributed by atoms with van der Waals surface area (Å²) in [6.45, 7) is 3.07. The molecule has 0 bridgehead atoms. The highest BCUT2D eigenvalue weighted by atomic mass is 35.5. The standard InChI is InChI=1S/C19H25ClFNO3/c20-17-11-15(21)4-5-16(17)18(19(23)24)22-8-2-1-3-14(12-22)13-6-9-25-10-7-13/h4-5,11,13-14,18H,1-3,6-10,12H2,(H,23,24). The van der Waals surface area contributed by atoms with Gasteiger partial charge in [-0.2, -0.15) is 0 Å². The van der Waals surface area contributed by atoms with E-state index in [1.807, 2.05) is 4.90 Å². The zero-order chi connectivity index (χ0) is 17.8. The van der Waals surface area contributed by atoms with Gasteiger partial charge < -0.3 is 9.84 Å². The quantitative estimate of drug-likeness (QED) is 0.866. The Morgan fingerprint density at radius 3 is 2.68 bits per heavy atom. The van der Waals surface area contributed by atoms with E-state index in [9.17, 15) is 14.3 Å². The van der Waals surface area contributed by atoms with Gasteiger partial charge in [-0.15, -0.1) is 0 Å². The van der Waals surface area contributed by atoms with Crippen LogP contribution in [0.2, 0.25) is 5.02 Å². The van der Waals surface area contributed by atoms with Crippen LogP contribution < -0.4 is 0 Å². The second kappa shape index (κ2) is 8.47. The number of benzene rings is 1. The van der Waals surface area contributed by atoms with E-state index in [1.54, 1.807) is 0 Å². The van der Waals surface area contributed by atoms with Crippen LogP contribution >= 0.6 is 11.6 Å². The summed E-state index contributed by atoms with van der Waals surface area (Å²) in [6, 6.07) is 3.16. The van der Waals surface area contributed by atoms with E-state index >= 15 is 0 Å². The van der Waals surface area contributed by atoms with Crippen molar-refractivity contribution in [1.82, 2.24) is 4.90 Å². The van der Waals surface area contributed by atoms with Crippen LogP contribution in [-0.2, 0) is 9.53 Å². The van der Waals surface area contributed by atoms with E-state index in [2.05, 4.69) is 0 Å². The normalized spacial score (nSPS) is 24.6. The van der Waals surface area contributed by atoms with Crippen LogP contribution in [0.1, 0.15) is 43.7 Å². The van der Waals surface area contributed by atoms with E-state index < -0.39 is 17.8 Å². The summed E-state index contributed by atoms with van der Waals surface area (Å²) in [7, 11) is 0. The van der Waals surface area contributed by atoms with Gasteiger partial charge in [0, 0.05) is 24.8 Å². The zero-order valence-corrected chi connectivity index (χ0v) is 15.1. The molecular weight excluding hydrogens is 345 g/mol. The lowest BCUT2D eigenvalue weighted by Crippen LogP contribution is -2.39. The third kappa shape index (κ3) is 4.52. The molecule has 0 saturated carbocycles. The molecule has 25 heavy (non-hydrogen) atoms. The fraction of sp³-hybridized carbons (Fsp3) is 0.632. The molecule has 2 fully saturated rings. The Balaban J connectivity index is 1.82. The minimum Gasteiger partial charge on any atom is -0.480 e. The molecule has 0 radical (unpaired) electrons. The van der Waals surface area contributed by atoms with Gasteiger partial charge in [0.15, 0.2) is 0 Å². The number of hydrogen-bond acceptors (Lipinski definition) is 3. The van der Waals surface area contributed by atoms with Crippen molar-refractivity contribution in [1.29, 1.82) is 0 Å². The van der Waals surface area contributed by atoms with Crippen molar-refractivity contribution in [3.8, 4) is 0 Å². The molecule has 2 aliphatic rings. The molecule has 1 N–H and O–H groups in total. The first kappa shape index (κ1) is 18.6. The van der Waals surface area contributed by atoms with Crippen molar-refractivity contribution in [2.45, 2.75) is 38.1 Å². The molecule has 0 amide bonds. The van der Waals surface area contributed by atoms with Gasteiger partial charge in [0.25, 0.3) is 0 Å². The third-order valence-corrected chi connectivity index (χ3v) is 5.86. The molecule has 2 unspecified atom stereocenters. The maximum absolute atomic E-state index is 13.4. The number of carbonyl (C=O) groups is 1. The molecule has 0 spiro atoms. The number of nitrogens with zero attached hydrogens (tertiary/aromatic N) is 1. The average Bonchev–Trinajstić information content (AvgIpc) is 2.84. The van der Waals surface area contributed by atoms with Gasteiger partial charge in [0.2, 0.25) is 0 Å². The van der Waals surface area contributed by atoms with Gasteiger partial charge in [-0.05, 0) is 61.8 Å². The van der Waals surface area contributed by atoms with Crippen LogP contribution in [0.4, 0.5) is 4.39 Å². The molecule has 0 aromatic heterocycles. The first-order valence-electron chi connectivity index (χ1n) is 9.06. The van der Waals surface area contributed by atoms with Crippen molar-refractivity contribution in [3.05, 3.63) is 34.6 Å². The number of carboxylic acids is 1. The predicted molar refractivity (Wildman–Crippen MR) is 94.2 cm³/mol. The van der Waals surface area contributed by atoms with Crippen LogP contribution in [0.15, 0.2) is 18.2 Å². The van der Waals surface area contributed by atoms with Gasteiger partial charge in [-0.25, -0.2) is 4.39 Å². The molecule has 2 aliphatic heterocycles.